The molecule has 0 aliphatic rings. The van der Waals surface area contributed by atoms with Crippen molar-refractivity contribution in [2.75, 3.05) is 6.61 Å². The van der Waals surface area contributed by atoms with Gasteiger partial charge in [-0.05, 0) is 27.2 Å². The maximum atomic E-state index is 6.05. The fourth-order valence-electron chi connectivity index (χ4n) is 1.44. The molecule has 13 heavy (non-hydrogen) atoms. The van der Waals surface area contributed by atoms with E-state index in [0.717, 1.165) is 13.0 Å². The van der Waals surface area contributed by atoms with Crippen molar-refractivity contribution < 1.29 is 4.74 Å². The van der Waals surface area contributed by atoms with Gasteiger partial charge in [0.25, 0.3) is 0 Å². The first kappa shape index (κ1) is 12.9. The van der Waals surface area contributed by atoms with Crippen molar-refractivity contribution in [2.24, 2.45) is 5.73 Å². The highest BCUT2D eigenvalue weighted by molar-refractivity contribution is 4.82. The van der Waals surface area contributed by atoms with Crippen LogP contribution in [0.5, 0.6) is 0 Å². The lowest BCUT2D eigenvalue weighted by Crippen LogP contribution is -2.45. The van der Waals surface area contributed by atoms with Gasteiger partial charge in [-0.3, -0.25) is 0 Å². The second kappa shape index (κ2) is 6.39. The summed E-state index contributed by atoms with van der Waals surface area (Å²) in [5.74, 6) is 0. The van der Waals surface area contributed by atoms with Crippen LogP contribution in [-0.2, 0) is 4.74 Å². The zero-order valence-electron chi connectivity index (χ0n) is 9.60. The van der Waals surface area contributed by atoms with Crippen molar-refractivity contribution in [3.05, 3.63) is 0 Å². The molecule has 0 spiro atoms. The highest BCUT2D eigenvalue weighted by Crippen LogP contribution is 2.17. The number of ether oxygens (including phenoxy) is 1. The molecule has 0 radical (unpaired) electrons. The molecule has 2 nitrogen and oxygen atoms in total. The standard InChI is InChI=1S/C11H25NO/c1-5-7-8-9-10(12)11(3,4)13-6-2/h10H,5-9,12H2,1-4H3. The third kappa shape index (κ3) is 5.27. The Bertz CT molecular complexity index is 123. The molecule has 0 amide bonds. The summed E-state index contributed by atoms with van der Waals surface area (Å²) in [7, 11) is 0. The largest absolute Gasteiger partial charge is 0.374 e. The van der Waals surface area contributed by atoms with E-state index in [4.69, 9.17) is 10.5 Å². The van der Waals surface area contributed by atoms with Gasteiger partial charge < -0.3 is 10.5 Å². The van der Waals surface area contributed by atoms with Crippen LogP contribution in [0.3, 0.4) is 0 Å². The number of unbranched alkanes of at least 4 members (excludes halogenated alkanes) is 2. The van der Waals surface area contributed by atoms with E-state index in [-0.39, 0.29) is 11.6 Å². The van der Waals surface area contributed by atoms with Crippen molar-refractivity contribution in [1.82, 2.24) is 0 Å². The van der Waals surface area contributed by atoms with Crippen LogP contribution in [0.1, 0.15) is 53.4 Å². The van der Waals surface area contributed by atoms with Crippen LogP contribution in [0.15, 0.2) is 0 Å². The van der Waals surface area contributed by atoms with Crippen LogP contribution < -0.4 is 5.73 Å². The minimum Gasteiger partial charge on any atom is -0.374 e. The number of hydrogen-bond donors (Lipinski definition) is 1. The first-order valence-corrected chi connectivity index (χ1v) is 5.44. The molecular weight excluding hydrogens is 162 g/mol. The smallest absolute Gasteiger partial charge is 0.0776 e. The van der Waals surface area contributed by atoms with Gasteiger partial charge in [0.05, 0.1) is 5.60 Å². The first-order valence-electron chi connectivity index (χ1n) is 5.44. The van der Waals surface area contributed by atoms with Crippen molar-refractivity contribution in [1.29, 1.82) is 0 Å². The van der Waals surface area contributed by atoms with Crippen LogP contribution >= 0.6 is 0 Å². The summed E-state index contributed by atoms with van der Waals surface area (Å²) in [5.41, 5.74) is 5.89. The molecule has 0 saturated carbocycles. The van der Waals surface area contributed by atoms with E-state index in [0.29, 0.717) is 0 Å². The van der Waals surface area contributed by atoms with Crippen LogP contribution in [0.4, 0.5) is 0 Å². The monoisotopic (exact) mass is 187 g/mol. The zero-order valence-corrected chi connectivity index (χ0v) is 9.60. The third-order valence-electron chi connectivity index (χ3n) is 2.53. The molecule has 1 unspecified atom stereocenters. The molecule has 0 heterocycles. The van der Waals surface area contributed by atoms with Gasteiger partial charge in [-0.15, -0.1) is 0 Å². The lowest BCUT2D eigenvalue weighted by molar-refractivity contribution is -0.0311. The molecule has 2 N–H and O–H groups in total. The van der Waals surface area contributed by atoms with E-state index >= 15 is 0 Å². The molecule has 80 valence electrons. The van der Waals surface area contributed by atoms with E-state index in [9.17, 15) is 0 Å². The van der Waals surface area contributed by atoms with Crippen molar-refractivity contribution in [3.8, 4) is 0 Å². The summed E-state index contributed by atoms with van der Waals surface area (Å²) in [5, 5.41) is 0. The number of nitrogens with two attached hydrogens (primary N) is 1. The number of hydrogen-bond acceptors (Lipinski definition) is 2. The van der Waals surface area contributed by atoms with Gasteiger partial charge in [0, 0.05) is 12.6 Å². The molecule has 0 aromatic rings. The average Bonchev–Trinajstić information content (AvgIpc) is 2.04. The van der Waals surface area contributed by atoms with Crippen molar-refractivity contribution in [2.45, 2.75) is 65.0 Å². The third-order valence-corrected chi connectivity index (χ3v) is 2.53. The number of rotatable bonds is 7. The fraction of sp³-hybridized carbons (Fsp3) is 1.00. The Kier molecular flexibility index (Phi) is 6.35. The van der Waals surface area contributed by atoms with Crippen LogP contribution in [-0.4, -0.2) is 18.2 Å². The van der Waals surface area contributed by atoms with E-state index in [2.05, 4.69) is 20.8 Å². The molecule has 0 fully saturated rings. The van der Waals surface area contributed by atoms with Crippen LogP contribution in [0.2, 0.25) is 0 Å². The predicted molar refractivity (Wildman–Crippen MR) is 57.8 cm³/mol. The summed E-state index contributed by atoms with van der Waals surface area (Å²) >= 11 is 0. The molecule has 0 aliphatic heterocycles. The fourth-order valence-corrected chi connectivity index (χ4v) is 1.44. The Hall–Kier alpha value is -0.0800. The predicted octanol–water partition coefficient (Wildman–Crippen LogP) is 2.71. The molecule has 0 saturated heterocycles. The summed E-state index contributed by atoms with van der Waals surface area (Å²) in [4.78, 5) is 0. The molecule has 1 atom stereocenters. The maximum Gasteiger partial charge on any atom is 0.0776 e. The Morgan fingerprint density at radius 1 is 1.23 bits per heavy atom. The maximum absolute atomic E-state index is 6.05. The van der Waals surface area contributed by atoms with Crippen LogP contribution in [0.25, 0.3) is 0 Å². The molecule has 0 aliphatic carbocycles. The summed E-state index contributed by atoms with van der Waals surface area (Å²) in [6, 6.07) is 0.166. The molecule has 0 aromatic carbocycles. The van der Waals surface area contributed by atoms with Gasteiger partial charge in [0.15, 0.2) is 0 Å². The first-order chi connectivity index (χ1) is 6.04. The summed E-state index contributed by atoms with van der Waals surface area (Å²) in [6.07, 6.45) is 4.81. The van der Waals surface area contributed by atoms with E-state index < -0.39 is 0 Å². The van der Waals surface area contributed by atoms with Gasteiger partial charge in [0.1, 0.15) is 0 Å². The minimum atomic E-state index is -0.164. The van der Waals surface area contributed by atoms with Gasteiger partial charge >= 0.3 is 0 Å². The highest BCUT2D eigenvalue weighted by Gasteiger charge is 2.25. The Balaban J connectivity index is 3.72. The lowest BCUT2D eigenvalue weighted by Gasteiger charge is -2.31. The SMILES string of the molecule is CCCCCC(N)C(C)(C)OCC. The lowest BCUT2D eigenvalue weighted by atomic mass is 9.94. The second-order valence-corrected chi connectivity index (χ2v) is 4.14. The Morgan fingerprint density at radius 2 is 1.85 bits per heavy atom. The minimum absolute atomic E-state index is 0.164. The quantitative estimate of drug-likeness (QED) is 0.622. The summed E-state index contributed by atoms with van der Waals surface area (Å²) < 4.78 is 5.60. The molecule has 0 bridgehead atoms. The molecule has 2 heteroatoms. The van der Waals surface area contributed by atoms with Gasteiger partial charge in [0.2, 0.25) is 0 Å². The Morgan fingerprint density at radius 3 is 2.31 bits per heavy atom. The second-order valence-electron chi connectivity index (χ2n) is 4.14. The molecular formula is C11H25NO. The van der Waals surface area contributed by atoms with E-state index in [1.165, 1.54) is 19.3 Å². The van der Waals surface area contributed by atoms with E-state index in [1.54, 1.807) is 0 Å². The van der Waals surface area contributed by atoms with Gasteiger partial charge in [-0.25, -0.2) is 0 Å². The van der Waals surface area contributed by atoms with Gasteiger partial charge in [-0.2, -0.15) is 0 Å². The average molecular weight is 187 g/mol. The van der Waals surface area contributed by atoms with Crippen molar-refractivity contribution in [3.63, 3.8) is 0 Å². The van der Waals surface area contributed by atoms with Crippen LogP contribution in [0, 0.1) is 0 Å². The normalized spacial score (nSPS) is 14.5. The Labute approximate surface area is 82.8 Å². The van der Waals surface area contributed by atoms with E-state index in [1.807, 2.05) is 6.92 Å². The van der Waals surface area contributed by atoms with Crippen molar-refractivity contribution >= 4 is 0 Å². The topological polar surface area (TPSA) is 35.2 Å². The zero-order chi connectivity index (χ0) is 10.3. The highest BCUT2D eigenvalue weighted by atomic mass is 16.5. The van der Waals surface area contributed by atoms with Gasteiger partial charge in [-0.1, -0.05) is 26.2 Å². The molecule has 0 rings (SSSR count). The molecule has 0 aromatic heterocycles. The summed E-state index contributed by atoms with van der Waals surface area (Å²) in [6.45, 7) is 9.12.